The van der Waals surface area contributed by atoms with Gasteiger partial charge in [-0.25, -0.2) is 14.3 Å². The standard InChI is InChI=1S/C24H29N3O4.2C2H6/c1-17-8-10-20(11-9-17)16-27-24(30)26(3)22(25-27)7-5-4-6-19-12-14-21(15-13-19)31-18(2)23(28)29;2*1-2/h8-15,18H,4-7,16H2,1-3H3,(H,28,29);2*1-2H3. The third kappa shape index (κ3) is 9.43. The van der Waals surface area contributed by atoms with E-state index in [1.807, 2.05) is 71.0 Å². The quantitative estimate of drug-likeness (QED) is 0.390. The van der Waals surface area contributed by atoms with Crippen LogP contribution in [-0.4, -0.2) is 31.5 Å². The molecule has 0 fully saturated rings. The van der Waals surface area contributed by atoms with E-state index in [0.717, 1.165) is 42.6 Å². The molecule has 1 aromatic heterocycles. The van der Waals surface area contributed by atoms with E-state index >= 15 is 0 Å². The number of hydrogen-bond donors (Lipinski definition) is 1. The topological polar surface area (TPSA) is 86.3 Å². The average molecular weight is 484 g/mol. The number of aromatic nitrogens is 3. The lowest BCUT2D eigenvalue weighted by atomic mass is 10.1. The summed E-state index contributed by atoms with van der Waals surface area (Å²) < 4.78 is 8.50. The highest BCUT2D eigenvalue weighted by Crippen LogP contribution is 2.16. The first-order valence-electron chi connectivity index (χ1n) is 12.5. The van der Waals surface area contributed by atoms with Gasteiger partial charge in [0, 0.05) is 13.5 Å². The van der Waals surface area contributed by atoms with Crippen LogP contribution in [0.3, 0.4) is 0 Å². The normalized spacial score (nSPS) is 10.9. The predicted molar refractivity (Wildman–Crippen MR) is 141 cm³/mol. The van der Waals surface area contributed by atoms with Gasteiger partial charge in [0.2, 0.25) is 0 Å². The number of nitrogens with zero attached hydrogens (tertiary/aromatic N) is 3. The molecule has 0 aliphatic carbocycles. The highest BCUT2D eigenvalue weighted by Gasteiger charge is 2.12. The molecular formula is C28H41N3O4. The van der Waals surface area contributed by atoms with Crippen LogP contribution >= 0.6 is 0 Å². The molecule has 3 rings (SSSR count). The van der Waals surface area contributed by atoms with Crippen molar-refractivity contribution in [2.24, 2.45) is 7.05 Å². The van der Waals surface area contributed by atoms with Crippen LogP contribution in [0.5, 0.6) is 5.75 Å². The van der Waals surface area contributed by atoms with Gasteiger partial charge in [0.05, 0.1) is 6.54 Å². The summed E-state index contributed by atoms with van der Waals surface area (Å²) in [6.45, 7) is 12.0. The lowest BCUT2D eigenvalue weighted by molar-refractivity contribution is -0.144. The number of rotatable bonds is 10. The van der Waals surface area contributed by atoms with Crippen LogP contribution in [0.25, 0.3) is 0 Å². The molecule has 0 aliphatic rings. The number of hydrogen-bond acceptors (Lipinski definition) is 4. The molecule has 0 bridgehead atoms. The average Bonchev–Trinajstić information content (AvgIpc) is 3.14. The first kappa shape index (κ1) is 29.7. The molecule has 0 amide bonds. The Labute approximate surface area is 209 Å². The lowest BCUT2D eigenvalue weighted by Gasteiger charge is -2.10. The highest BCUT2D eigenvalue weighted by atomic mass is 16.5. The summed E-state index contributed by atoms with van der Waals surface area (Å²) in [5.74, 6) is 0.357. The van der Waals surface area contributed by atoms with Crippen LogP contribution in [0.2, 0.25) is 0 Å². The molecule has 35 heavy (non-hydrogen) atoms. The van der Waals surface area contributed by atoms with Crippen molar-refractivity contribution >= 4 is 5.97 Å². The van der Waals surface area contributed by atoms with Crippen molar-refractivity contribution in [3.05, 3.63) is 81.5 Å². The maximum atomic E-state index is 12.5. The van der Waals surface area contributed by atoms with E-state index < -0.39 is 12.1 Å². The second-order valence-corrected chi connectivity index (χ2v) is 7.85. The minimum absolute atomic E-state index is 0.0956. The summed E-state index contributed by atoms with van der Waals surface area (Å²) in [5.41, 5.74) is 3.31. The van der Waals surface area contributed by atoms with E-state index in [9.17, 15) is 9.59 Å². The van der Waals surface area contributed by atoms with Gasteiger partial charge in [-0.2, -0.15) is 5.10 Å². The molecule has 0 aliphatic heterocycles. The highest BCUT2D eigenvalue weighted by molar-refractivity contribution is 5.72. The van der Waals surface area contributed by atoms with E-state index in [4.69, 9.17) is 9.84 Å². The third-order valence-electron chi connectivity index (χ3n) is 5.28. The second-order valence-electron chi connectivity index (χ2n) is 7.85. The van der Waals surface area contributed by atoms with E-state index in [-0.39, 0.29) is 5.69 Å². The van der Waals surface area contributed by atoms with E-state index in [0.29, 0.717) is 12.3 Å². The van der Waals surface area contributed by atoms with Gasteiger partial charge < -0.3 is 9.84 Å². The zero-order chi connectivity index (χ0) is 26.4. The number of carbonyl (C=O) groups is 1. The molecule has 2 aromatic carbocycles. The van der Waals surface area contributed by atoms with Crippen molar-refractivity contribution < 1.29 is 14.6 Å². The molecule has 1 N–H and O–H groups in total. The van der Waals surface area contributed by atoms with Crippen LogP contribution in [0.1, 0.15) is 70.0 Å². The zero-order valence-electron chi connectivity index (χ0n) is 22.2. The number of unbranched alkanes of at least 4 members (excludes halogenated alkanes) is 1. The number of ether oxygens (including phenoxy) is 1. The monoisotopic (exact) mass is 483 g/mol. The second kappa shape index (κ2) is 15.5. The predicted octanol–water partition coefficient (Wildman–Crippen LogP) is 5.41. The van der Waals surface area contributed by atoms with Crippen LogP contribution in [0.4, 0.5) is 0 Å². The summed E-state index contributed by atoms with van der Waals surface area (Å²) in [4.78, 5) is 23.3. The largest absolute Gasteiger partial charge is 0.479 e. The van der Waals surface area contributed by atoms with Gasteiger partial charge in [0.15, 0.2) is 6.10 Å². The van der Waals surface area contributed by atoms with Gasteiger partial charge in [0.1, 0.15) is 11.6 Å². The maximum Gasteiger partial charge on any atom is 0.345 e. The Morgan fingerprint density at radius 1 is 0.943 bits per heavy atom. The van der Waals surface area contributed by atoms with Crippen molar-refractivity contribution in [3.8, 4) is 5.75 Å². The molecule has 1 atom stereocenters. The summed E-state index contributed by atoms with van der Waals surface area (Å²) in [7, 11) is 1.77. The van der Waals surface area contributed by atoms with Crippen molar-refractivity contribution in [1.82, 2.24) is 14.3 Å². The minimum Gasteiger partial charge on any atom is -0.479 e. The minimum atomic E-state index is -0.986. The fourth-order valence-corrected chi connectivity index (χ4v) is 3.32. The maximum absolute atomic E-state index is 12.5. The molecule has 0 radical (unpaired) electrons. The fraction of sp³-hybridized carbons (Fsp3) is 0.464. The fourth-order valence-electron chi connectivity index (χ4n) is 3.32. The molecule has 0 saturated heterocycles. The van der Waals surface area contributed by atoms with E-state index in [1.54, 1.807) is 23.7 Å². The summed E-state index contributed by atoms with van der Waals surface area (Å²) in [6.07, 6.45) is 2.65. The summed E-state index contributed by atoms with van der Waals surface area (Å²) in [5, 5.41) is 13.4. The van der Waals surface area contributed by atoms with Gasteiger partial charge in [-0.05, 0) is 56.4 Å². The Hall–Kier alpha value is -3.35. The van der Waals surface area contributed by atoms with Crippen molar-refractivity contribution in [2.75, 3.05) is 0 Å². The van der Waals surface area contributed by atoms with E-state index in [1.165, 1.54) is 17.2 Å². The number of carboxylic acids is 1. The number of aryl methyl sites for hydroxylation is 3. The summed E-state index contributed by atoms with van der Waals surface area (Å²) >= 11 is 0. The molecule has 1 heterocycles. The first-order valence-corrected chi connectivity index (χ1v) is 12.5. The molecule has 7 heteroatoms. The van der Waals surface area contributed by atoms with Gasteiger partial charge in [-0.1, -0.05) is 69.7 Å². The van der Waals surface area contributed by atoms with E-state index in [2.05, 4.69) is 5.10 Å². The third-order valence-corrected chi connectivity index (χ3v) is 5.28. The van der Waals surface area contributed by atoms with Crippen LogP contribution < -0.4 is 10.4 Å². The van der Waals surface area contributed by atoms with Gasteiger partial charge in [0.25, 0.3) is 0 Å². The molecule has 192 valence electrons. The molecule has 3 aromatic rings. The SMILES string of the molecule is CC.CC.Cc1ccc(Cn2nc(CCCCc3ccc(OC(C)C(=O)O)cc3)n(C)c2=O)cc1. The Balaban J connectivity index is 0.00000145. The lowest BCUT2D eigenvalue weighted by Crippen LogP contribution is -2.23. The van der Waals surface area contributed by atoms with Gasteiger partial charge in [-0.15, -0.1) is 0 Å². The van der Waals surface area contributed by atoms with Gasteiger partial charge in [-0.3, -0.25) is 4.57 Å². The Morgan fingerprint density at radius 2 is 1.49 bits per heavy atom. The first-order chi connectivity index (χ1) is 16.8. The Bertz CT molecular complexity index is 1070. The van der Waals surface area contributed by atoms with Crippen molar-refractivity contribution in [2.45, 2.75) is 79.9 Å². The molecule has 0 spiro atoms. The van der Waals surface area contributed by atoms with Crippen LogP contribution in [-0.2, 0) is 31.2 Å². The number of benzene rings is 2. The molecule has 0 saturated carbocycles. The molecule has 1 unspecified atom stereocenters. The molecular weight excluding hydrogens is 442 g/mol. The summed E-state index contributed by atoms with van der Waals surface area (Å²) in [6, 6.07) is 15.6. The number of carboxylic acid groups (broad SMARTS) is 1. The Morgan fingerprint density at radius 3 is 2.06 bits per heavy atom. The van der Waals surface area contributed by atoms with Crippen molar-refractivity contribution in [3.63, 3.8) is 0 Å². The molecule has 7 nitrogen and oxygen atoms in total. The number of aliphatic carboxylic acids is 1. The van der Waals surface area contributed by atoms with Gasteiger partial charge >= 0.3 is 11.7 Å². The van der Waals surface area contributed by atoms with Crippen molar-refractivity contribution in [1.29, 1.82) is 0 Å². The smallest absolute Gasteiger partial charge is 0.345 e. The Kier molecular flexibility index (Phi) is 13.2. The van der Waals surface area contributed by atoms with Crippen LogP contribution in [0, 0.1) is 6.92 Å². The van der Waals surface area contributed by atoms with Crippen LogP contribution in [0.15, 0.2) is 53.3 Å². The zero-order valence-corrected chi connectivity index (χ0v) is 22.2.